The van der Waals surface area contributed by atoms with E-state index in [1.807, 2.05) is 0 Å². The van der Waals surface area contributed by atoms with Gasteiger partial charge in [-0.15, -0.1) is 0 Å². The van der Waals surface area contributed by atoms with Gasteiger partial charge in [0.05, 0.1) is 4.75 Å². The minimum Gasteiger partial charge on any atom is -0.326 e. The summed E-state index contributed by atoms with van der Waals surface area (Å²) in [5.41, 5.74) is 5.95. The van der Waals surface area contributed by atoms with Crippen molar-refractivity contribution >= 4 is 15.7 Å². The van der Waals surface area contributed by atoms with Crippen molar-refractivity contribution in [3.63, 3.8) is 0 Å². The van der Waals surface area contributed by atoms with Crippen molar-refractivity contribution in [3.8, 4) is 0 Å². The van der Waals surface area contributed by atoms with E-state index >= 15 is 0 Å². The van der Waals surface area contributed by atoms with Crippen molar-refractivity contribution in [2.24, 2.45) is 5.73 Å². The van der Waals surface area contributed by atoms with Gasteiger partial charge in [0.15, 0.2) is 0 Å². The number of anilines is 1. The molecule has 0 aliphatic heterocycles. The molecule has 1 aromatic rings. The topological polar surface area (TPSA) is 72.2 Å². The van der Waals surface area contributed by atoms with Crippen LogP contribution in [0.2, 0.25) is 0 Å². The Labute approximate surface area is 101 Å². The summed E-state index contributed by atoms with van der Waals surface area (Å²) in [6.45, 7) is 4.78. The lowest BCUT2D eigenvalue weighted by atomic mass is 10.2. The Morgan fingerprint density at radius 1 is 1.35 bits per heavy atom. The van der Waals surface area contributed by atoms with Gasteiger partial charge in [-0.3, -0.25) is 4.72 Å². The molecule has 0 radical (unpaired) electrons. The summed E-state index contributed by atoms with van der Waals surface area (Å²) in [5, 5.41) is 0. The van der Waals surface area contributed by atoms with Crippen molar-refractivity contribution in [2.45, 2.75) is 32.1 Å². The fourth-order valence-corrected chi connectivity index (χ4v) is 1.85. The van der Waals surface area contributed by atoms with Crippen LogP contribution in [0.25, 0.3) is 0 Å². The number of halogens is 1. The van der Waals surface area contributed by atoms with E-state index in [1.165, 1.54) is 18.2 Å². The third-order valence-corrected chi connectivity index (χ3v) is 4.44. The molecule has 0 unspecified atom stereocenters. The highest BCUT2D eigenvalue weighted by Crippen LogP contribution is 2.21. The number of benzene rings is 1. The molecule has 0 saturated heterocycles. The quantitative estimate of drug-likeness (QED) is 0.870. The van der Waals surface area contributed by atoms with Gasteiger partial charge in [0, 0.05) is 17.8 Å². The van der Waals surface area contributed by atoms with Crippen LogP contribution < -0.4 is 10.5 Å². The summed E-state index contributed by atoms with van der Waals surface area (Å²) in [7, 11) is -3.50. The lowest BCUT2D eigenvalue weighted by Gasteiger charge is -2.20. The molecule has 0 aromatic heterocycles. The lowest BCUT2D eigenvalue weighted by Crippen LogP contribution is -2.33. The first kappa shape index (κ1) is 13.9. The van der Waals surface area contributed by atoms with Crippen LogP contribution >= 0.6 is 0 Å². The standard InChI is InChI=1S/C11H17FN2O2S/c1-11(2,3)17(15,16)14-9-4-5-10(12)8(6-9)7-13/h4-6,14H,7,13H2,1-3H3. The van der Waals surface area contributed by atoms with Crippen LogP contribution in [-0.2, 0) is 16.6 Å². The predicted octanol–water partition coefficient (Wildman–Crippen LogP) is 1.82. The van der Waals surface area contributed by atoms with E-state index in [9.17, 15) is 12.8 Å². The molecule has 1 rings (SSSR count). The van der Waals surface area contributed by atoms with Gasteiger partial charge in [-0.05, 0) is 39.0 Å². The van der Waals surface area contributed by atoms with E-state index in [4.69, 9.17) is 5.73 Å². The second kappa shape index (κ2) is 4.62. The first-order chi connectivity index (χ1) is 7.67. The van der Waals surface area contributed by atoms with Crippen LogP contribution in [0, 0.1) is 5.82 Å². The minimum absolute atomic E-state index is 0.0247. The number of sulfonamides is 1. The first-order valence-electron chi connectivity index (χ1n) is 5.18. The maximum Gasteiger partial charge on any atom is 0.237 e. The molecule has 0 spiro atoms. The van der Waals surface area contributed by atoms with Gasteiger partial charge in [-0.1, -0.05) is 0 Å². The largest absolute Gasteiger partial charge is 0.326 e. The molecule has 0 aliphatic rings. The Hall–Kier alpha value is -1.14. The summed E-state index contributed by atoms with van der Waals surface area (Å²) in [6, 6.07) is 3.97. The zero-order valence-electron chi connectivity index (χ0n) is 10.1. The van der Waals surface area contributed by atoms with Crippen molar-refractivity contribution in [1.82, 2.24) is 0 Å². The maximum atomic E-state index is 13.2. The van der Waals surface area contributed by atoms with Crippen LogP contribution in [0.4, 0.5) is 10.1 Å². The summed E-state index contributed by atoms with van der Waals surface area (Å²) in [6.07, 6.45) is 0. The van der Waals surface area contributed by atoms with E-state index < -0.39 is 20.6 Å². The van der Waals surface area contributed by atoms with Crippen molar-refractivity contribution < 1.29 is 12.8 Å². The summed E-state index contributed by atoms with van der Waals surface area (Å²) >= 11 is 0. The zero-order valence-corrected chi connectivity index (χ0v) is 10.9. The van der Waals surface area contributed by atoms with Gasteiger partial charge in [0.25, 0.3) is 0 Å². The molecular weight excluding hydrogens is 243 g/mol. The Kier molecular flexibility index (Phi) is 3.78. The fourth-order valence-electron chi connectivity index (χ4n) is 1.10. The van der Waals surface area contributed by atoms with Crippen molar-refractivity contribution in [2.75, 3.05) is 4.72 Å². The molecule has 0 fully saturated rings. The van der Waals surface area contributed by atoms with Gasteiger partial charge in [-0.2, -0.15) is 0 Å². The molecule has 0 bridgehead atoms. The van der Waals surface area contributed by atoms with Crippen LogP contribution in [0.5, 0.6) is 0 Å². The summed E-state index contributed by atoms with van der Waals surface area (Å²) < 4.78 is 38.4. The highest BCUT2D eigenvalue weighted by atomic mass is 32.2. The Balaban J connectivity index is 3.05. The molecule has 3 N–H and O–H groups in total. The number of hydrogen-bond acceptors (Lipinski definition) is 3. The normalized spacial score (nSPS) is 12.5. The van der Waals surface area contributed by atoms with Crippen LogP contribution in [0.3, 0.4) is 0 Å². The second-order valence-electron chi connectivity index (χ2n) is 4.73. The van der Waals surface area contributed by atoms with Gasteiger partial charge < -0.3 is 5.73 Å². The van der Waals surface area contributed by atoms with E-state index in [2.05, 4.69) is 4.72 Å². The zero-order chi connectivity index (χ0) is 13.3. The molecule has 0 atom stereocenters. The molecule has 96 valence electrons. The molecule has 0 aliphatic carbocycles. The van der Waals surface area contributed by atoms with E-state index in [0.29, 0.717) is 5.69 Å². The number of hydrogen-bond donors (Lipinski definition) is 2. The molecule has 0 amide bonds. The summed E-state index contributed by atoms with van der Waals surface area (Å²) in [4.78, 5) is 0. The van der Waals surface area contributed by atoms with Crippen LogP contribution in [0.1, 0.15) is 26.3 Å². The smallest absolute Gasteiger partial charge is 0.237 e. The molecule has 0 saturated carbocycles. The monoisotopic (exact) mass is 260 g/mol. The third kappa shape index (κ3) is 3.17. The van der Waals surface area contributed by atoms with E-state index in [-0.39, 0.29) is 12.1 Å². The molecule has 17 heavy (non-hydrogen) atoms. The molecule has 1 aromatic carbocycles. The Morgan fingerprint density at radius 2 is 1.94 bits per heavy atom. The fraction of sp³-hybridized carbons (Fsp3) is 0.455. The molecule has 6 heteroatoms. The third-order valence-electron chi connectivity index (χ3n) is 2.32. The average molecular weight is 260 g/mol. The predicted molar refractivity (Wildman–Crippen MR) is 66.6 cm³/mol. The highest BCUT2D eigenvalue weighted by Gasteiger charge is 2.28. The van der Waals surface area contributed by atoms with Crippen LogP contribution in [0.15, 0.2) is 18.2 Å². The second-order valence-corrected chi connectivity index (χ2v) is 7.16. The van der Waals surface area contributed by atoms with Crippen molar-refractivity contribution in [3.05, 3.63) is 29.6 Å². The molecule has 4 nitrogen and oxygen atoms in total. The van der Waals surface area contributed by atoms with E-state index in [1.54, 1.807) is 20.8 Å². The molecular formula is C11H17FN2O2S. The Bertz CT molecular complexity index is 507. The number of rotatable bonds is 3. The Morgan fingerprint density at radius 3 is 2.41 bits per heavy atom. The number of nitrogens with two attached hydrogens (primary N) is 1. The highest BCUT2D eigenvalue weighted by molar-refractivity contribution is 7.94. The molecule has 0 heterocycles. The number of nitrogens with one attached hydrogen (secondary N) is 1. The minimum atomic E-state index is -3.50. The average Bonchev–Trinajstić information content (AvgIpc) is 2.19. The van der Waals surface area contributed by atoms with Gasteiger partial charge in [0.1, 0.15) is 5.82 Å². The van der Waals surface area contributed by atoms with Crippen molar-refractivity contribution in [1.29, 1.82) is 0 Å². The summed E-state index contributed by atoms with van der Waals surface area (Å²) in [5.74, 6) is -0.439. The first-order valence-corrected chi connectivity index (χ1v) is 6.66. The van der Waals surface area contributed by atoms with Crippen LogP contribution in [-0.4, -0.2) is 13.2 Å². The van der Waals surface area contributed by atoms with Gasteiger partial charge in [0.2, 0.25) is 10.0 Å². The van der Waals surface area contributed by atoms with E-state index in [0.717, 1.165) is 0 Å². The van der Waals surface area contributed by atoms with Gasteiger partial charge >= 0.3 is 0 Å². The lowest BCUT2D eigenvalue weighted by molar-refractivity contribution is 0.566. The van der Waals surface area contributed by atoms with Gasteiger partial charge in [-0.25, -0.2) is 12.8 Å². The maximum absolute atomic E-state index is 13.2. The SMILES string of the molecule is CC(C)(C)S(=O)(=O)Nc1ccc(F)c(CN)c1.